The number of anilines is 1. The van der Waals surface area contributed by atoms with Gasteiger partial charge in [0.1, 0.15) is 5.75 Å². The third-order valence-corrected chi connectivity index (χ3v) is 6.23. The summed E-state index contributed by atoms with van der Waals surface area (Å²) in [6.45, 7) is 2.68. The Morgan fingerprint density at radius 2 is 1.78 bits per heavy atom. The molecule has 1 aromatic rings. The van der Waals surface area contributed by atoms with E-state index in [-0.39, 0.29) is 17.2 Å². The maximum atomic E-state index is 12.8. The van der Waals surface area contributed by atoms with E-state index in [9.17, 15) is 13.2 Å². The summed E-state index contributed by atoms with van der Waals surface area (Å²) in [5, 5.41) is 0. The number of likely N-dealkylation sites (N-methyl/N-ethyl adjacent to an activating group) is 1. The van der Waals surface area contributed by atoms with Crippen LogP contribution in [0.25, 0.3) is 0 Å². The smallest absolute Gasteiger partial charge is 0.243 e. The number of rotatable bonds is 2. The number of ether oxygens (including phenoxy) is 1. The van der Waals surface area contributed by atoms with Crippen molar-refractivity contribution in [1.29, 1.82) is 0 Å². The fraction of sp³-hybridized carbons (Fsp3) is 0.533. The van der Waals surface area contributed by atoms with Gasteiger partial charge in [0.2, 0.25) is 15.9 Å². The summed E-state index contributed by atoms with van der Waals surface area (Å²) in [6.07, 6.45) is 0.283. The summed E-state index contributed by atoms with van der Waals surface area (Å²) < 4.78 is 32.7. The van der Waals surface area contributed by atoms with Gasteiger partial charge < -0.3 is 14.5 Å². The molecule has 0 aliphatic carbocycles. The lowest BCUT2D eigenvalue weighted by Crippen LogP contribution is -2.47. The molecule has 23 heavy (non-hydrogen) atoms. The number of amides is 1. The third kappa shape index (κ3) is 3.06. The molecule has 2 heterocycles. The van der Waals surface area contributed by atoms with Crippen LogP contribution in [0.15, 0.2) is 23.1 Å². The monoisotopic (exact) mass is 339 g/mol. The summed E-state index contributed by atoms with van der Waals surface area (Å²) in [4.78, 5) is 15.7. The van der Waals surface area contributed by atoms with Crippen LogP contribution in [0.4, 0.5) is 5.69 Å². The normalized spacial score (nSPS) is 20.8. The molecular weight excluding hydrogens is 318 g/mol. The molecule has 2 aliphatic heterocycles. The highest BCUT2D eigenvalue weighted by Gasteiger charge is 2.29. The number of piperazine rings is 1. The fourth-order valence-corrected chi connectivity index (χ4v) is 4.21. The molecule has 0 atom stereocenters. The molecule has 0 unspecified atom stereocenters. The van der Waals surface area contributed by atoms with Crippen LogP contribution in [-0.2, 0) is 14.8 Å². The van der Waals surface area contributed by atoms with Crippen molar-refractivity contribution >= 4 is 21.6 Å². The summed E-state index contributed by atoms with van der Waals surface area (Å²) >= 11 is 0. The Hall–Kier alpha value is -1.64. The number of hydrogen-bond acceptors (Lipinski definition) is 5. The van der Waals surface area contributed by atoms with Gasteiger partial charge in [0, 0.05) is 33.2 Å². The highest BCUT2D eigenvalue weighted by atomic mass is 32.2. The Labute approximate surface area is 136 Å². The molecule has 7 nitrogen and oxygen atoms in total. The molecule has 0 saturated carbocycles. The third-order valence-electron chi connectivity index (χ3n) is 4.34. The highest BCUT2D eigenvalue weighted by Crippen LogP contribution is 2.33. The van der Waals surface area contributed by atoms with Crippen molar-refractivity contribution in [1.82, 2.24) is 9.21 Å². The number of sulfonamides is 1. The average molecular weight is 339 g/mol. The minimum atomic E-state index is -3.56. The van der Waals surface area contributed by atoms with Crippen molar-refractivity contribution in [2.24, 2.45) is 0 Å². The topological polar surface area (TPSA) is 70.2 Å². The van der Waals surface area contributed by atoms with Gasteiger partial charge in [-0.3, -0.25) is 4.79 Å². The molecule has 3 rings (SSSR count). The standard InChI is InChI=1S/C15H21N3O4S/c1-16-6-8-18(9-7-16)23(20,21)12-3-4-14-13(11-12)17(2)15(19)5-10-22-14/h3-4,11H,5-10H2,1-2H3. The predicted octanol–water partition coefficient (Wildman–Crippen LogP) is 0.368. The molecule has 1 amide bonds. The first kappa shape index (κ1) is 16.2. The molecule has 2 aliphatic rings. The van der Waals surface area contributed by atoms with E-state index >= 15 is 0 Å². The van der Waals surface area contributed by atoms with Gasteiger partial charge >= 0.3 is 0 Å². The molecule has 1 saturated heterocycles. The van der Waals surface area contributed by atoms with E-state index in [1.54, 1.807) is 19.2 Å². The zero-order valence-corrected chi connectivity index (χ0v) is 14.2. The van der Waals surface area contributed by atoms with E-state index in [1.807, 2.05) is 7.05 Å². The number of nitrogens with zero attached hydrogens (tertiary/aromatic N) is 3. The van der Waals surface area contributed by atoms with Crippen LogP contribution in [0.3, 0.4) is 0 Å². The zero-order valence-electron chi connectivity index (χ0n) is 13.4. The van der Waals surface area contributed by atoms with Crippen LogP contribution < -0.4 is 9.64 Å². The van der Waals surface area contributed by atoms with E-state index in [2.05, 4.69) is 4.90 Å². The van der Waals surface area contributed by atoms with Gasteiger partial charge in [-0.1, -0.05) is 0 Å². The van der Waals surface area contributed by atoms with Gasteiger partial charge in [-0.2, -0.15) is 4.31 Å². The lowest BCUT2D eigenvalue weighted by atomic mass is 10.2. The first-order chi connectivity index (χ1) is 10.9. The Morgan fingerprint density at radius 3 is 2.48 bits per heavy atom. The van der Waals surface area contributed by atoms with Gasteiger partial charge in [0.05, 0.1) is 23.6 Å². The molecule has 0 radical (unpaired) electrons. The summed E-state index contributed by atoms with van der Waals surface area (Å²) in [5.41, 5.74) is 0.503. The van der Waals surface area contributed by atoms with Crippen LogP contribution in [0.2, 0.25) is 0 Å². The van der Waals surface area contributed by atoms with E-state index in [0.717, 1.165) is 0 Å². The second-order valence-electron chi connectivity index (χ2n) is 5.89. The second kappa shape index (κ2) is 6.10. The predicted molar refractivity (Wildman–Crippen MR) is 86.2 cm³/mol. The Kier molecular flexibility index (Phi) is 4.31. The molecular formula is C15H21N3O4S. The molecule has 0 aromatic heterocycles. The van der Waals surface area contributed by atoms with Crippen LogP contribution in [-0.4, -0.2) is 70.4 Å². The van der Waals surface area contributed by atoms with Crippen molar-refractivity contribution in [3.63, 3.8) is 0 Å². The zero-order chi connectivity index (χ0) is 16.6. The largest absolute Gasteiger partial charge is 0.491 e. The Bertz CT molecular complexity index is 711. The maximum Gasteiger partial charge on any atom is 0.243 e. The lowest BCUT2D eigenvalue weighted by molar-refractivity contribution is -0.118. The number of carbonyl (C=O) groups is 1. The summed E-state index contributed by atoms with van der Waals surface area (Å²) in [6, 6.07) is 4.72. The quantitative estimate of drug-likeness (QED) is 0.778. The van der Waals surface area contributed by atoms with Gasteiger partial charge in [-0.05, 0) is 25.2 Å². The highest BCUT2D eigenvalue weighted by molar-refractivity contribution is 7.89. The molecule has 1 fully saturated rings. The second-order valence-corrected chi connectivity index (χ2v) is 7.83. The number of carbonyl (C=O) groups excluding carboxylic acids is 1. The van der Waals surface area contributed by atoms with Crippen LogP contribution >= 0.6 is 0 Å². The first-order valence-electron chi connectivity index (χ1n) is 7.62. The van der Waals surface area contributed by atoms with Crippen molar-refractivity contribution in [3.05, 3.63) is 18.2 Å². The SMILES string of the molecule is CN1CCN(S(=O)(=O)c2ccc3c(c2)N(C)C(=O)CCO3)CC1. The Balaban J connectivity index is 1.94. The fourth-order valence-electron chi connectivity index (χ4n) is 2.77. The van der Waals surface area contributed by atoms with Crippen molar-refractivity contribution < 1.29 is 17.9 Å². The average Bonchev–Trinajstić information content (AvgIpc) is 2.67. The first-order valence-corrected chi connectivity index (χ1v) is 9.06. The minimum absolute atomic E-state index is 0.0853. The van der Waals surface area contributed by atoms with Crippen molar-refractivity contribution in [3.8, 4) is 5.75 Å². The van der Waals surface area contributed by atoms with E-state index in [0.29, 0.717) is 44.2 Å². The minimum Gasteiger partial charge on any atom is -0.491 e. The number of hydrogen-bond donors (Lipinski definition) is 0. The maximum absolute atomic E-state index is 12.8. The molecule has 126 valence electrons. The molecule has 0 N–H and O–H groups in total. The Morgan fingerprint density at radius 1 is 1.09 bits per heavy atom. The number of fused-ring (bicyclic) bond motifs is 1. The van der Waals surface area contributed by atoms with E-state index in [4.69, 9.17) is 4.74 Å². The van der Waals surface area contributed by atoms with Gasteiger partial charge in [-0.15, -0.1) is 0 Å². The van der Waals surface area contributed by atoms with Gasteiger partial charge in [-0.25, -0.2) is 8.42 Å². The lowest BCUT2D eigenvalue weighted by Gasteiger charge is -2.31. The molecule has 8 heteroatoms. The summed E-state index contributed by atoms with van der Waals surface area (Å²) in [5.74, 6) is 0.452. The molecule has 0 spiro atoms. The summed E-state index contributed by atoms with van der Waals surface area (Å²) in [7, 11) is 0.0588. The van der Waals surface area contributed by atoms with E-state index < -0.39 is 10.0 Å². The van der Waals surface area contributed by atoms with Gasteiger partial charge in [0.15, 0.2) is 0 Å². The molecule has 0 bridgehead atoms. The van der Waals surface area contributed by atoms with Gasteiger partial charge in [0.25, 0.3) is 0 Å². The van der Waals surface area contributed by atoms with Crippen LogP contribution in [0, 0.1) is 0 Å². The van der Waals surface area contributed by atoms with Crippen LogP contribution in [0.5, 0.6) is 5.75 Å². The van der Waals surface area contributed by atoms with Crippen molar-refractivity contribution in [2.45, 2.75) is 11.3 Å². The molecule has 1 aromatic carbocycles. The van der Waals surface area contributed by atoms with Crippen molar-refractivity contribution in [2.75, 3.05) is 51.8 Å². The van der Waals surface area contributed by atoms with Crippen LogP contribution in [0.1, 0.15) is 6.42 Å². The number of benzene rings is 1. The van der Waals surface area contributed by atoms with E-state index in [1.165, 1.54) is 15.3 Å².